The fraction of sp³-hybridized carbons (Fsp3) is 0.333. The van der Waals surface area contributed by atoms with Gasteiger partial charge in [-0.15, -0.1) is 5.10 Å². The summed E-state index contributed by atoms with van der Waals surface area (Å²) in [5.74, 6) is -0.230. The number of nitrogens with zero attached hydrogens (tertiary/aromatic N) is 4. The van der Waals surface area contributed by atoms with Gasteiger partial charge < -0.3 is 10.2 Å². The normalized spacial score (nSPS) is 13.2. The third-order valence-electron chi connectivity index (χ3n) is 5.60. The van der Waals surface area contributed by atoms with Crippen molar-refractivity contribution in [2.45, 2.75) is 46.2 Å². The van der Waals surface area contributed by atoms with Gasteiger partial charge in [0.05, 0.1) is 11.4 Å². The molecule has 4 rings (SSSR count). The lowest BCUT2D eigenvalue weighted by Gasteiger charge is -2.22. The second-order valence-corrected chi connectivity index (χ2v) is 8.15. The Balaban J connectivity index is 1.58. The van der Waals surface area contributed by atoms with E-state index in [9.17, 15) is 9.59 Å². The Morgan fingerprint density at radius 2 is 1.77 bits per heavy atom. The van der Waals surface area contributed by atoms with E-state index < -0.39 is 0 Å². The van der Waals surface area contributed by atoms with E-state index in [1.54, 1.807) is 24.0 Å². The van der Waals surface area contributed by atoms with E-state index in [1.165, 1.54) is 5.56 Å². The first kappa shape index (κ1) is 20.8. The van der Waals surface area contributed by atoms with E-state index >= 15 is 0 Å². The van der Waals surface area contributed by atoms with Gasteiger partial charge in [0.25, 0.3) is 11.8 Å². The minimum atomic E-state index is -0.125. The Labute approximate surface area is 182 Å². The van der Waals surface area contributed by atoms with Gasteiger partial charge in [-0.05, 0) is 62.9 Å². The molecule has 0 unspecified atom stereocenters. The lowest BCUT2D eigenvalue weighted by molar-refractivity contribution is 0.0722. The van der Waals surface area contributed by atoms with Gasteiger partial charge in [-0.3, -0.25) is 9.59 Å². The predicted octanol–water partition coefficient (Wildman–Crippen LogP) is 3.36. The van der Waals surface area contributed by atoms with E-state index in [-0.39, 0.29) is 17.9 Å². The van der Waals surface area contributed by atoms with Crippen LogP contribution in [0.15, 0.2) is 42.5 Å². The first-order valence-corrected chi connectivity index (χ1v) is 10.5. The molecule has 1 aliphatic carbocycles. The number of benzene rings is 2. The van der Waals surface area contributed by atoms with Crippen LogP contribution in [0.4, 0.5) is 0 Å². The van der Waals surface area contributed by atoms with Crippen molar-refractivity contribution in [2.75, 3.05) is 7.05 Å². The Bertz CT molecular complexity index is 1130. The van der Waals surface area contributed by atoms with Crippen molar-refractivity contribution < 1.29 is 9.59 Å². The molecule has 1 heterocycles. The summed E-state index contributed by atoms with van der Waals surface area (Å²) >= 11 is 0. The molecule has 1 N–H and O–H groups in total. The van der Waals surface area contributed by atoms with E-state index in [0.717, 1.165) is 29.7 Å². The van der Waals surface area contributed by atoms with Crippen LogP contribution in [0, 0.1) is 20.8 Å². The molecule has 0 aliphatic heterocycles. The summed E-state index contributed by atoms with van der Waals surface area (Å²) in [6.45, 7) is 6.36. The molecule has 2 amide bonds. The molecule has 7 nitrogen and oxygen atoms in total. The molecule has 0 bridgehead atoms. The fourth-order valence-electron chi connectivity index (χ4n) is 3.71. The van der Waals surface area contributed by atoms with Crippen LogP contribution in [0.1, 0.15) is 56.1 Å². The van der Waals surface area contributed by atoms with Crippen LogP contribution in [-0.2, 0) is 6.54 Å². The average Bonchev–Trinajstić information content (AvgIpc) is 3.53. The van der Waals surface area contributed by atoms with Crippen LogP contribution in [0.3, 0.4) is 0 Å². The highest BCUT2D eigenvalue weighted by Gasteiger charge is 2.35. The van der Waals surface area contributed by atoms with Crippen LogP contribution in [-0.4, -0.2) is 44.8 Å². The van der Waals surface area contributed by atoms with Crippen molar-refractivity contribution in [3.05, 3.63) is 76.1 Å². The molecule has 1 saturated carbocycles. The van der Waals surface area contributed by atoms with Gasteiger partial charge in [0.1, 0.15) is 0 Å². The summed E-state index contributed by atoms with van der Waals surface area (Å²) in [6, 6.07) is 13.6. The number of aromatic nitrogens is 3. The standard InChI is InChI=1S/C24H27N5O2/c1-15-5-12-21(16(2)13-15)29-26-17(3)22(27-29)24(31)28(20-10-11-20)14-18-6-8-19(9-7-18)23(30)25-4/h5-9,12-13,20H,10-11,14H2,1-4H3,(H,25,30). The fourth-order valence-corrected chi connectivity index (χ4v) is 3.71. The first-order valence-electron chi connectivity index (χ1n) is 10.5. The molecule has 2 aromatic carbocycles. The van der Waals surface area contributed by atoms with Gasteiger partial charge in [0.15, 0.2) is 5.69 Å². The zero-order chi connectivity index (χ0) is 22.1. The summed E-state index contributed by atoms with van der Waals surface area (Å²) in [4.78, 5) is 28.6. The second kappa shape index (κ2) is 8.34. The number of hydrogen-bond acceptors (Lipinski definition) is 4. The van der Waals surface area contributed by atoms with Gasteiger partial charge in [-0.1, -0.05) is 29.8 Å². The highest BCUT2D eigenvalue weighted by atomic mass is 16.2. The summed E-state index contributed by atoms with van der Waals surface area (Å²) in [6.07, 6.45) is 1.98. The van der Waals surface area contributed by atoms with Gasteiger partial charge in [-0.2, -0.15) is 9.90 Å². The van der Waals surface area contributed by atoms with Crippen molar-refractivity contribution >= 4 is 11.8 Å². The second-order valence-electron chi connectivity index (χ2n) is 8.15. The smallest absolute Gasteiger partial charge is 0.276 e. The molecule has 0 atom stereocenters. The molecule has 31 heavy (non-hydrogen) atoms. The number of rotatable bonds is 6. The predicted molar refractivity (Wildman–Crippen MR) is 118 cm³/mol. The van der Waals surface area contributed by atoms with Crippen LogP contribution in [0.2, 0.25) is 0 Å². The molecular weight excluding hydrogens is 390 g/mol. The van der Waals surface area contributed by atoms with Crippen LogP contribution in [0.5, 0.6) is 0 Å². The molecule has 3 aromatic rings. The molecule has 0 spiro atoms. The zero-order valence-corrected chi connectivity index (χ0v) is 18.3. The molecular formula is C24H27N5O2. The van der Waals surface area contributed by atoms with Crippen molar-refractivity contribution in [3.63, 3.8) is 0 Å². The maximum absolute atomic E-state index is 13.4. The zero-order valence-electron chi connectivity index (χ0n) is 18.3. The van der Waals surface area contributed by atoms with Gasteiger partial charge in [-0.25, -0.2) is 0 Å². The number of nitrogens with one attached hydrogen (secondary N) is 1. The van der Waals surface area contributed by atoms with Crippen molar-refractivity contribution in [2.24, 2.45) is 0 Å². The monoisotopic (exact) mass is 417 g/mol. The van der Waals surface area contributed by atoms with Gasteiger partial charge in [0, 0.05) is 25.2 Å². The topological polar surface area (TPSA) is 80.1 Å². The molecule has 7 heteroatoms. The third kappa shape index (κ3) is 4.35. The van der Waals surface area contributed by atoms with E-state index in [0.29, 0.717) is 23.5 Å². The molecule has 0 radical (unpaired) electrons. The highest BCUT2D eigenvalue weighted by Crippen LogP contribution is 2.30. The Hall–Kier alpha value is -3.48. The Morgan fingerprint density at radius 1 is 1.06 bits per heavy atom. The Morgan fingerprint density at radius 3 is 2.39 bits per heavy atom. The number of amides is 2. The number of hydrogen-bond donors (Lipinski definition) is 1. The first-order chi connectivity index (χ1) is 14.9. The summed E-state index contributed by atoms with van der Waals surface area (Å²) in [5.41, 5.74) is 5.68. The largest absolute Gasteiger partial charge is 0.355 e. The number of carbonyl (C=O) groups is 2. The average molecular weight is 418 g/mol. The van der Waals surface area contributed by atoms with Crippen LogP contribution >= 0.6 is 0 Å². The quantitative estimate of drug-likeness (QED) is 0.667. The van der Waals surface area contributed by atoms with Crippen LogP contribution in [0.25, 0.3) is 5.69 Å². The lowest BCUT2D eigenvalue weighted by Crippen LogP contribution is -2.33. The number of carbonyl (C=O) groups excluding carboxylic acids is 2. The summed E-state index contributed by atoms with van der Waals surface area (Å²) < 4.78 is 0. The molecule has 1 fully saturated rings. The van der Waals surface area contributed by atoms with Crippen molar-refractivity contribution in [1.29, 1.82) is 0 Å². The Kier molecular flexibility index (Phi) is 5.59. The summed E-state index contributed by atoms with van der Waals surface area (Å²) in [7, 11) is 1.61. The molecule has 0 saturated heterocycles. The van der Waals surface area contributed by atoms with Gasteiger partial charge >= 0.3 is 0 Å². The van der Waals surface area contributed by atoms with Crippen molar-refractivity contribution in [3.8, 4) is 5.69 Å². The molecule has 1 aliphatic rings. The molecule has 160 valence electrons. The summed E-state index contributed by atoms with van der Waals surface area (Å²) in [5, 5.41) is 11.7. The molecule has 1 aromatic heterocycles. The minimum absolute atomic E-state index is 0.105. The van der Waals surface area contributed by atoms with Crippen molar-refractivity contribution in [1.82, 2.24) is 25.2 Å². The van der Waals surface area contributed by atoms with Gasteiger partial charge in [0.2, 0.25) is 0 Å². The maximum Gasteiger partial charge on any atom is 0.276 e. The minimum Gasteiger partial charge on any atom is -0.355 e. The number of aryl methyl sites for hydroxylation is 3. The third-order valence-corrected chi connectivity index (χ3v) is 5.60. The maximum atomic E-state index is 13.4. The van der Waals surface area contributed by atoms with E-state index in [4.69, 9.17) is 0 Å². The highest BCUT2D eigenvalue weighted by molar-refractivity contribution is 5.94. The van der Waals surface area contributed by atoms with E-state index in [1.807, 2.05) is 49.9 Å². The lowest BCUT2D eigenvalue weighted by atomic mass is 10.1. The van der Waals surface area contributed by atoms with E-state index in [2.05, 4.69) is 21.6 Å². The SMILES string of the molecule is CNC(=O)c1ccc(CN(C(=O)c2nn(-c3ccc(C)cc3C)nc2C)C2CC2)cc1. The van der Waals surface area contributed by atoms with Crippen LogP contribution < -0.4 is 5.32 Å².